The predicted octanol–water partition coefficient (Wildman–Crippen LogP) is 19.1. The normalized spacial score (nSPS) is 11.7. The maximum absolute atomic E-state index is 6.76. The van der Waals surface area contributed by atoms with Gasteiger partial charge >= 0.3 is 0 Å². The Labute approximate surface area is 411 Å². The Hall–Kier alpha value is -9.44. The summed E-state index contributed by atoms with van der Waals surface area (Å²) in [7, 11) is 0. The summed E-state index contributed by atoms with van der Waals surface area (Å²) < 4.78 is 9.14. The zero-order chi connectivity index (χ0) is 46.8. The molecule has 2 aromatic heterocycles. The topological polar surface area (TPSA) is 21.3 Å². The number of furan rings is 1. The number of fused-ring (bicyclic) bond motifs is 9. The maximum atomic E-state index is 6.76. The van der Waals surface area contributed by atoms with E-state index in [2.05, 4.69) is 276 Å². The molecule has 3 heteroatoms. The van der Waals surface area contributed by atoms with Crippen molar-refractivity contribution in [3.63, 3.8) is 0 Å². The van der Waals surface area contributed by atoms with E-state index in [4.69, 9.17) is 4.42 Å². The van der Waals surface area contributed by atoms with Crippen molar-refractivity contribution in [2.24, 2.45) is 0 Å². The van der Waals surface area contributed by atoms with E-state index in [0.29, 0.717) is 0 Å². The van der Waals surface area contributed by atoms with E-state index in [1.807, 2.05) is 0 Å². The first-order valence-corrected chi connectivity index (χ1v) is 24.3. The molecule has 12 aromatic carbocycles. The van der Waals surface area contributed by atoms with Crippen LogP contribution in [0, 0.1) is 0 Å². The highest BCUT2D eigenvalue weighted by molar-refractivity contribution is 6.17. The van der Waals surface area contributed by atoms with Crippen LogP contribution < -0.4 is 4.90 Å². The number of aromatic nitrogens is 1. The lowest BCUT2D eigenvalue weighted by Gasteiger charge is -2.26. The summed E-state index contributed by atoms with van der Waals surface area (Å²) >= 11 is 0. The van der Waals surface area contributed by atoms with E-state index >= 15 is 0 Å². The van der Waals surface area contributed by atoms with Gasteiger partial charge in [0.15, 0.2) is 0 Å². The molecule has 0 fully saturated rings. The quantitative estimate of drug-likeness (QED) is 0.151. The van der Waals surface area contributed by atoms with E-state index < -0.39 is 0 Å². The summed E-state index contributed by atoms with van der Waals surface area (Å²) in [6, 6.07) is 96.6. The third kappa shape index (κ3) is 6.97. The van der Waals surface area contributed by atoms with Crippen LogP contribution >= 0.6 is 0 Å². The first kappa shape index (κ1) is 40.6. The van der Waals surface area contributed by atoms with E-state index in [9.17, 15) is 0 Å². The molecule has 0 unspecified atom stereocenters. The molecule has 2 heterocycles. The second-order valence-electron chi connectivity index (χ2n) is 18.5. The summed E-state index contributed by atoms with van der Waals surface area (Å²) in [5.41, 5.74) is 17.8. The van der Waals surface area contributed by atoms with Gasteiger partial charge in [-0.05, 0) is 128 Å². The Morgan fingerprint density at radius 3 is 1.37 bits per heavy atom. The largest absolute Gasteiger partial charge is 0.455 e. The molecule has 0 atom stereocenters. The Morgan fingerprint density at radius 1 is 0.268 bits per heavy atom. The summed E-state index contributed by atoms with van der Waals surface area (Å²) in [5.74, 6) is 0. The van der Waals surface area contributed by atoms with Gasteiger partial charge in [0.2, 0.25) is 0 Å². The van der Waals surface area contributed by atoms with Crippen LogP contribution in [0.25, 0.3) is 115 Å². The number of nitrogens with zero attached hydrogens (tertiary/aromatic N) is 2. The van der Waals surface area contributed by atoms with Crippen molar-refractivity contribution in [1.29, 1.82) is 0 Å². The molecule has 0 aliphatic rings. The lowest BCUT2D eigenvalue weighted by atomic mass is 9.98. The molecule has 71 heavy (non-hydrogen) atoms. The molecule has 0 saturated heterocycles. The highest BCUT2D eigenvalue weighted by Crippen LogP contribution is 2.42. The van der Waals surface area contributed by atoms with Crippen molar-refractivity contribution in [2.45, 2.75) is 0 Å². The molecule has 0 amide bonds. The molecule has 0 radical (unpaired) electrons. The first-order valence-electron chi connectivity index (χ1n) is 24.3. The van der Waals surface area contributed by atoms with Crippen LogP contribution in [0.2, 0.25) is 0 Å². The lowest BCUT2D eigenvalue weighted by molar-refractivity contribution is 0.674. The zero-order valence-electron chi connectivity index (χ0n) is 38.7. The number of hydrogen-bond acceptors (Lipinski definition) is 2. The summed E-state index contributed by atoms with van der Waals surface area (Å²) in [6.07, 6.45) is 0. The van der Waals surface area contributed by atoms with E-state index in [1.54, 1.807) is 0 Å². The highest BCUT2D eigenvalue weighted by atomic mass is 16.3. The minimum atomic E-state index is 0.905. The van der Waals surface area contributed by atoms with Gasteiger partial charge in [0, 0.05) is 55.2 Å². The average molecular weight is 905 g/mol. The lowest BCUT2D eigenvalue weighted by Crippen LogP contribution is -2.09. The van der Waals surface area contributed by atoms with Gasteiger partial charge in [-0.25, -0.2) is 0 Å². The Kier molecular flexibility index (Phi) is 9.53. The zero-order valence-corrected chi connectivity index (χ0v) is 38.7. The Morgan fingerprint density at radius 2 is 0.718 bits per heavy atom. The molecule has 0 aliphatic heterocycles. The van der Waals surface area contributed by atoms with Gasteiger partial charge < -0.3 is 13.9 Å². The van der Waals surface area contributed by atoms with Gasteiger partial charge in [0.25, 0.3) is 0 Å². The van der Waals surface area contributed by atoms with Gasteiger partial charge in [0.1, 0.15) is 11.2 Å². The fraction of sp³-hybridized carbons (Fsp3) is 0. The van der Waals surface area contributed by atoms with Gasteiger partial charge in [-0.15, -0.1) is 0 Å². The van der Waals surface area contributed by atoms with Crippen LogP contribution in [0.4, 0.5) is 17.1 Å². The van der Waals surface area contributed by atoms with Crippen molar-refractivity contribution in [3.8, 4) is 50.2 Å². The number of benzene rings is 12. The molecule has 332 valence electrons. The second kappa shape index (κ2) is 16.7. The van der Waals surface area contributed by atoms with Crippen LogP contribution in [0.5, 0.6) is 0 Å². The van der Waals surface area contributed by atoms with Crippen LogP contribution in [-0.4, -0.2) is 4.57 Å². The summed E-state index contributed by atoms with van der Waals surface area (Å²) in [4.78, 5) is 2.35. The average Bonchev–Trinajstić information content (AvgIpc) is 4.00. The minimum Gasteiger partial charge on any atom is -0.455 e. The summed E-state index contributed by atoms with van der Waals surface area (Å²) in [5, 5.41) is 9.58. The third-order valence-electron chi connectivity index (χ3n) is 14.4. The molecular weight excluding hydrogens is 861 g/mol. The number of anilines is 3. The van der Waals surface area contributed by atoms with Crippen molar-refractivity contribution in [2.75, 3.05) is 4.90 Å². The molecule has 0 bridgehead atoms. The van der Waals surface area contributed by atoms with Gasteiger partial charge in [-0.3, -0.25) is 0 Å². The third-order valence-corrected chi connectivity index (χ3v) is 14.4. The van der Waals surface area contributed by atoms with E-state index in [0.717, 1.165) is 72.3 Å². The number of hydrogen-bond donors (Lipinski definition) is 0. The SMILES string of the molecule is c1cc(-c2ccc(N(c3ccc(-c4ccc(-c5ccc6ccccc6c5)cc4)cc3)c3ccc(-c4cccc5c4oc4c6ccccc6ccc54)cc3)cc2)cc(-n2c3ccccc3c3ccccc32)c1. The van der Waals surface area contributed by atoms with Crippen LogP contribution in [0.1, 0.15) is 0 Å². The van der Waals surface area contributed by atoms with Crippen molar-refractivity contribution in [3.05, 3.63) is 267 Å². The standard InChI is InChI=1S/C68H44N2O/c1-2-13-52-43-54(28-27-45(52)11-1)48-25-23-46(24-26-48)47-29-36-55(37-30-47)69(57-40-33-51(34-41-57)60-19-10-20-63-64-42-35-50-12-3-4-16-59(50)68(64)71-67(60)63)56-38-31-49(32-39-56)53-14-9-15-58(44-53)70-65-21-7-5-17-61(65)62-18-6-8-22-66(62)70/h1-44H. The van der Waals surface area contributed by atoms with Crippen LogP contribution in [-0.2, 0) is 0 Å². The highest BCUT2D eigenvalue weighted by Gasteiger charge is 2.18. The number of rotatable bonds is 8. The van der Waals surface area contributed by atoms with Crippen molar-refractivity contribution < 1.29 is 4.42 Å². The smallest absolute Gasteiger partial charge is 0.143 e. The Balaban J connectivity index is 0.823. The molecule has 0 aliphatic carbocycles. The first-order chi connectivity index (χ1) is 35.2. The van der Waals surface area contributed by atoms with Gasteiger partial charge in [-0.2, -0.15) is 0 Å². The van der Waals surface area contributed by atoms with E-state index in [1.165, 1.54) is 60.2 Å². The van der Waals surface area contributed by atoms with Crippen LogP contribution in [0.15, 0.2) is 271 Å². The van der Waals surface area contributed by atoms with Crippen molar-refractivity contribution >= 4 is 82.4 Å². The molecule has 0 spiro atoms. The van der Waals surface area contributed by atoms with Crippen molar-refractivity contribution in [1.82, 2.24) is 4.57 Å². The second-order valence-corrected chi connectivity index (χ2v) is 18.5. The molecule has 14 aromatic rings. The fourth-order valence-corrected chi connectivity index (χ4v) is 10.8. The van der Waals surface area contributed by atoms with Gasteiger partial charge in [-0.1, -0.05) is 194 Å². The monoisotopic (exact) mass is 904 g/mol. The molecule has 3 nitrogen and oxygen atoms in total. The van der Waals surface area contributed by atoms with E-state index in [-0.39, 0.29) is 0 Å². The number of para-hydroxylation sites is 3. The fourth-order valence-electron chi connectivity index (χ4n) is 10.8. The molecule has 0 saturated carbocycles. The molecule has 14 rings (SSSR count). The van der Waals surface area contributed by atoms with Gasteiger partial charge in [0.05, 0.1) is 11.0 Å². The molecular formula is C68H44N2O. The minimum absolute atomic E-state index is 0.905. The van der Waals surface area contributed by atoms with Crippen LogP contribution in [0.3, 0.4) is 0 Å². The maximum Gasteiger partial charge on any atom is 0.143 e. The molecule has 0 N–H and O–H groups in total. The summed E-state index contributed by atoms with van der Waals surface area (Å²) in [6.45, 7) is 0. The predicted molar refractivity (Wildman–Crippen MR) is 299 cm³/mol. The Bertz CT molecular complexity index is 4260.